The molecule has 4 nitrogen and oxygen atoms in total. The number of nitrogens with two attached hydrogens (primary N) is 2. The summed E-state index contributed by atoms with van der Waals surface area (Å²) in [6.07, 6.45) is 0. The van der Waals surface area contributed by atoms with Crippen molar-refractivity contribution < 1.29 is 4.79 Å². The Morgan fingerprint density at radius 2 is 1.63 bits per heavy atom. The molecule has 0 aromatic heterocycles. The molecule has 2 rings (SSSR count). The summed E-state index contributed by atoms with van der Waals surface area (Å²) in [5, 5.41) is 2.90. The van der Waals surface area contributed by atoms with E-state index in [0.717, 1.165) is 16.8 Å². The van der Waals surface area contributed by atoms with Gasteiger partial charge in [-0.3, -0.25) is 4.79 Å². The molecule has 2 aromatic rings. The van der Waals surface area contributed by atoms with E-state index in [-0.39, 0.29) is 5.91 Å². The van der Waals surface area contributed by atoms with Crippen LogP contribution in [-0.4, -0.2) is 5.91 Å². The maximum atomic E-state index is 12.2. The monoisotopic (exact) mass is 255 g/mol. The highest BCUT2D eigenvalue weighted by atomic mass is 16.1. The average molecular weight is 255 g/mol. The Bertz CT molecular complexity index is 612. The van der Waals surface area contributed by atoms with Gasteiger partial charge in [-0.05, 0) is 55.3 Å². The third-order valence-corrected chi connectivity index (χ3v) is 2.94. The van der Waals surface area contributed by atoms with Crippen LogP contribution >= 0.6 is 0 Å². The molecule has 19 heavy (non-hydrogen) atoms. The normalized spacial score (nSPS) is 10.2. The molecule has 0 atom stereocenters. The number of nitrogens with one attached hydrogen (secondary N) is 1. The standard InChI is InChI=1S/C15H17N3O/c1-9-6-13(17)7-10(2)14(9)18-15(19)11-4-3-5-12(16)8-11/h3-8H,16-17H2,1-2H3,(H,18,19). The summed E-state index contributed by atoms with van der Waals surface area (Å²) in [4.78, 5) is 12.2. The van der Waals surface area contributed by atoms with Crippen LogP contribution in [0.5, 0.6) is 0 Å². The number of anilines is 3. The van der Waals surface area contributed by atoms with Crippen LogP contribution in [0.2, 0.25) is 0 Å². The van der Waals surface area contributed by atoms with Crippen LogP contribution in [0.25, 0.3) is 0 Å². The van der Waals surface area contributed by atoms with E-state index in [1.807, 2.05) is 26.0 Å². The predicted octanol–water partition coefficient (Wildman–Crippen LogP) is 2.72. The van der Waals surface area contributed by atoms with E-state index < -0.39 is 0 Å². The summed E-state index contributed by atoms with van der Waals surface area (Å²) in [5.74, 6) is -0.178. The van der Waals surface area contributed by atoms with Crippen molar-refractivity contribution in [2.75, 3.05) is 16.8 Å². The van der Waals surface area contributed by atoms with Gasteiger partial charge in [0.05, 0.1) is 0 Å². The van der Waals surface area contributed by atoms with E-state index in [9.17, 15) is 4.79 Å². The molecule has 0 unspecified atom stereocenters. The molecule has 0 fully saturated rings. The number of carbonyl (C=O) groups is 1. The first kappa shape index (κ1) is 13.0. The molecule has 1 amide bonds. The Morgan fingerprint density at radius 3 is 2.21 bits per heavy atom. The fourth-order valence-electron chi connectivity index (χ4n) is 2.06. The van der Waals surface area contributed by atoms with Crippen LogP contribution in [-0.2, 0) is 0 Å². The maximum absolute atomic E-state index is 12.2. The van der Waals surface area contributed by atoms with E-state index in [0.29, 0.717) is 16.9 Å². The van der Waals surface area contributed by atoms with E-state index >= 15 is 0 Å². The summed E-state index contributed by atoms with van der Waals surface area (Å²) in [5.41, 5.74) is 15.9. The van der Waals surface area contributed by atoms with Crippen LogP contribution in [0.15, 0.2) is 36.4 Å². The van der Waals surface area contributed by atoms with Gasteiger partial charge in [0, 0.05) is 22.6 Å². The lowest BCUT2D eigenvalue weighted by atomic mass is 10.1. The molecule has 4 heteroatoms. The SMILES string of the molecule is Cc1cc(N)cc(C)c1NC(=O)c1cccc(N)c1. The van der Waals surface area contributed by atoms with Crippen molar-refractivity contribution in [2.45, 2.75) is 13.8 Å². The lowest BCUT2D eigenvalue weighted by Crippen LogP contribution is -2.14. The third kappa shape index (κ3) is 2.85. The molecule has 0 radical (unpaired) electrons. The van der Waals surface area contributed by atoms with Gasteiger partial charge < -0.3 is 16.8 Å². The molecular formula is C15H17N3O. The second-order valence-electron chi connectivity index (χ2n) is 4.61. The lowest BCUT2D eigenvalue weighted by molar-refractivity contribution is 0.102. The summed E-state index contributed by atoms with van der Waals surface area (Å²) in [6.45, 7) is 3.83. The number of hydrogen-bond acceptors (Lipinski definition) is 3. The second-order valence-corrected chi connectivity index (χ2v) is 4.61. The number of carbonyl (C=O) groups excluding carboxylic acids is 1. The Hall–Kier alpha value is -2.49. The highest BCUT2D eigenvalue weighted by molar-refractivity contribution is 6.05. The summed E-state index contributed by atoms with van der Waals surface area (Å²) in [6, 6.07) is 10.6. The van der Waals surface area contributed by atoms with Crippen LogP contribution in [0.1, 0.15) is 21.5 Å². The van der Waals surface area contributed by atoms with E-state index in [1.54, 1.807) is 24.3 Å². The zero-order chi connectivity index (χ0) is 14.0. The van der Waals surface area contributed by atoms with E-state index in [1.165, 1.54) is 0 Å². The number of rotatable bonds is 2. The molecule has 2 aromatic carbocycles. The maximum Gasteiger partial charge on any atom is 0.255 e. The van der Waals surface area contributed by atoms with Gasteiger partial charge in [0.15, 0.2) is 0 Å². The molecule has 0 saturated carbocycles. The van der Waals surface area contributed by atoms with Crippen LogP contribution in [0.3, 0.4) is 0 Å². The average Bonchev–Trinajstić information content (AvgIpc) is 2.33. The molecule has 0 heterocycles. The largest absolute Gasteiger partial charge is 0.399 e. The molecule has 5 N–H and O–H groups in total. The molecule has 98 valence electrons. The number of hydrogen-bond donors (Lipinski definition) is 3. The molecule has 0 spiro atoms. The Kier molecular flexibility index (Phi) is 3.42. The molecule has 0 aliphatic carbocycles. The van der Waals surface area contributed by atoms with E-state index in [2.05, 4.69) is 5.32 Å². The van der Waals surface area contributed by atoms with Crippen molar-refractivity contribution in [1.82, 2.24) is 0 Å². The Morgan fingerprint density at radius 1 is 1.00 bits per heavy atom. The Balaban J connectivity index is 2.29. The third-order valence-electron chi connectivity index (χ3n) is 2.94. The van der Waals surface area contributed by atoms with Crippen molar-refractivity contribution in [3.05, 3.63) is 53.1 Å². The van der Waals surface area contributed by atoms with Gasteiger partial charge in [-0.1, -0.05) is 6.07 Å². The summed E-state index contributed by atoms with van der Waals surface area (Å²) < 4.78 is 0. The molecular weight excluding hydrogens is 238 g/mol. The Labute approximate surface area is 112 Å². The first-order valence-electron chi connectivity index (χ1n) is 6.01. The van der Waals surface area contributed by atoms with Gasteiger partial charge >= 0.3 is 0 Å². The van der Waals surface area contributed by atoms with Crippen molar-refractivity contribution in [1.29, 1.82) is 0 Å². The molecule has 0 aliphatic rings. The number of aryl methyl sites for hydroxylation is 2. The van der Waals surface area contributed by atoms with Gasteiger partial charge in [-0.25, -0.2) is 0 Å². The highest BCUT2D eigenvalue weighted by Gasteiger charge is 2.10. The van der Waals surface area contributed by atoms with Crippen molar-refractivity contribution in [3.8, 4) is 0 Å². The zero-order valence-corrected chi connectivity index (χ0v) is 11.0. The zero-order valence-electron chi connectivity index (χ0n) is 11.0. The van der Waals surface area contributed by atoms with Crippen molar-refractivity contribution in [2.24, 2.45) is 0 Å². The molecule has 0 saturated heterocycles. The highest BCUT2D eigenvalue weighted by Crippen LogP contribution is 2.24. The van der Waals surface area contributed by atoms with Gasteiger partial charge in [-0.15, -0.1) is 0 Å². The minimum atomic E-state index is -0.178. The number of nitrogen functional groups attached to an aromatic ring is 2. The predicted molar refractivity (Wildman–Crippen MR) is 79.1 cm³/mol. The molecule has 0 bridgehead atoms. The van der Waals surface area contributed by atoms with Gasteiger partial charge in [0.25, 0.3) is 5.91 Å². The number of amides is 1. The van der Waals surface area contributed by atoms with Crippen molar-refractivity contribution >= 4 is 23.0 Å². The molecule has 0 aliphatic heterocycles. The number of benzene rings is 2. The minimum Gasteiger partial charge on any atom is -0.399 e. The summed E-state index contributed by atoms with van der Waals surface area (Å²) in [7, 11) is 0. The minimum absolute atomic E-state index is 0.178. The van der Waals surface area contributed by atoms with Gasteiger partial charge in [0.2, 0.25) is 0 Å². The van der Waals surface area contributed by atoms with E-state index in [4.69, 9.17) is 11.5 Å². The van der Waals surface area contributed by atoms with Crippen LogP contribution < -0.4 is 16.8 Å². The topological polar surface area (TPSA) is 81.1 Å². The lowest BCUT2D eigenvalue weighted by Gasteiger charge is -2.12. The first-order valence-corrected chi connectivity index (χ1v) is 6.01. The second kappa shape index (κ2) is 5.02. The van der Waals surface area contributed by atoms with Crippen molar-refractivity contribution in [3.63, 3.8) is 0 Å². The fraction of sp³-hybridized carbons (Fsp3) is 0.133. The van der Waals surface area contributed by atoms with Gasteiger partial charge in [-0.2, -0.15) is 0 Å². The van der Waals surface area contributed by atoms with Crippen LogP contribution in [0.4, 0.5) is 17.1 Å². The first-order chi connectivity index (χ1) is 8.97. The fourth-order valence-corrected chi connectivity index (χ4v) is 2.06. The van der Waals surface area contributed by atoms with Gasteiger partial charge in [0.1, 0.15) is 0 Å². The summed E-state index contributed by atoms with van der Waals surface area (Å²) >= 11 is 0. The van der Waals surface area contributed by atoms with Crippen LogP contribution in [0, 0.1) is 13.8 Å². The smallest absolute Gasteiger partial charge is 0.255 e. The quantitative estimate of drug-likeness (QED) is 0.722.